The maximum absolute atomic E-state index is 12.7. The van der Waals surface area contributed by atoms with E-state index in [1.54, 1.807) is 19.5 Å². The van der Waals surface area contributed by atoms with E-state index in [1.807, 2.05) is 53.4 Å². The van der Waals surface area contributed by atoms with Crippen LogP contribution in [0.1, 0.15) is 30.1 Å². The normalized spacial score (nSPS) is 16.2. The first-order valence-electron chi connectivity index (χ1n) is 10.3. The standard InChI is InChI=1S/C24H26N4O2/c1-17-4-3-13-28(16-17)23(29)19-5-9-21(10-6-19)27-24-25-14-20(15-26-24)18-7-11-22(30-2)12-8-18/h5-12,14-15,17H,3-4,13,16H2,1-2H3,(H,25,26,27). The fourth-order valence-corrected chi connectivity index (χ4v) is 3.71. The van der Waals surface area contributed by atoms with Crippen LogP contribution in [0.25, 0.3) is 11.1 Å². The summed E-state index contributed by atoms with van der Waals surface area (Å²) in [7, 11) is 1.65. The lowest BCUT2D eigenvalue weighted by Gasteiger charge is -2.31. The molecule has 4 rings (SSSR count). The van der Waals surface area contributed by atoms with Crippen molar-refractivity contribution in [3.63, 3.8) is 0 Å². The smallest absolute Gasteiger partial charge is 0.253 e. The number of ether oxygens (including phenoxy) is 1. The molecule has 0 aliphatic carbocycles. The van der Waals surface area contributed by atoms with Crippen LogP contribution in [-0.2, 0) is 0 Å². The van der Waals surface area contributed by atoms with Gasteiger partial charge in [-0.25, -0.2) is 9.97 Å². The van der Waals surface area contributed by atoms with Crippen LogP contribution in [0.4, 0.5) is 11.6 Å². The van der Waals surface area contributed by atoms with Gasteiger partial charge in [-0.1, -0.05) is 19.1 Å². The number of likely N-dealkylation sites (tertiary alicyclic amines) is 1. The Morgan fingerprint density at radius 2 is 1.73 bits per heavy atom. The molecular weight excluding hydrogens is 376 g/mol. The zero-order chi connectivity index (χ0) is 20.9. The van der Waals surface area contributed by atoms with Gasteiger partial charge >= 0.3 is 0 Å². The molecule has 0 bridgehead atoms. The van der Waals surface area contributed by atoms with E-state index in [4.69, 9.17) is 4.74 Å². The number of anilines is 2. The number of carbonyl (C=O) groups is 1. The topological polar surface area (TPSA) is 67.3 Å². The summed E-state index contributed by atoms with van der Waals surface area (Å²) < 4.78 is 5.19. The van der Waals surface area contributed by atoms with E-state index >= 15 is 0 Å². The molecule has 1 aliphatic heterocycles. The SMILES string of the molecule is COc1ccc(-c2cnc(Nc3ccc(C(=O)N4CCCC(C)C4)cc3)nc2)cc1. The Balaban J connectivity index is 1.40. The minimum absolute atomic E-state index is 0.105. The number of nitrogens with one attached hydrogen (secondary N) is 1. The monoisotopic (exact) mass is 402 g/mol. The molecule has 1 aliphatic rings. The van der Waals surface area contributed by atoms with Crippen molar-refractivity contribution in [1.82, 2.24) is 14.9 Å². The molecule has 1 aromatic heterocycles. The van der Waals surface area contributed by atoms with E-state index in [0.717, 1.165) is 42.1 Å². The molecule has 1 unspecified atom stereocenters. The Bertz CT molecular complexity index is 985. The van der Waals surface area contributed by atoms with Crippen molar-refractivity contribution in [2.45, 2.75) is 19.8 Å². The summed E-state index contributed by atoms with van der Waals surface area (Å²) in [5.41, 5.74) is 3.51. The summed E-state index contributed by atoms with van der Waals surface area (Å²) in [6.07, 6.45) is 5.85. The van der Waals surface area contributed by atoms with E-state index in [2.05, 4.69) is 22.2 Å². The van der Waals surface area contributed by atoms with Gasteiger partial charge in [-0.05, 0) is 60.7 Å². The maximum Gasteiger partial charge on any atom is 0.253 e. The first-order chi connectivity index (χ1) is 14.6. The van der Waals surface area contributed by atoms with Crippen LogP contribution in [0.2, 0.25) is 0 Å². The Labute approximate surface area is 176 Å². The number of carbonyl (C=O) groups excluding carboxylic acids is 1. The van der Waals surface area contributed by atoms with Gasteiger partial charge in [-0.15, -0.1) is 0 Å². The molecule has 1 fully saturated rings. The summed E-state index contributed by atoms with van der Waals surface area (Å²) >= 11 is 0. The van der Waals surface area contributed by atoms with Gasteiger partial charge in [0.05, 0.1) is 7.11 Å². The predicted octanol–water partition coefficient (Wildman–Crippen LogP) is 4.77. The Morgan fingerprint density at radius 3 is 2.37 bits per heavy atom. The fraction of sp³-hybridized carbons (Fsp3) is 0.292. The third-order valence-corrected chi connectivity index (χ3v) is 5.41. The predicted molar refractivity (Wildman–Crippen MR) is 118 cm³/mol. The lowest BCUT2D eigenvalue weighted by atomic mass is 9.99. The molecule has 0 saturated carbocycles. The van der Waals surface area contributed by atoms with Crippen LogP contribution < -0.4 is 10.1 Å². The molecule has 1 N–H and O–H groups in total. The van der Waals surface area contributed by atoms with Crippen LogP contribution >= 0.6 is 0 Å². The number of piperidine rings is 1. The number of nitrogens with zero attached hydrogens (tertiary/aromatic N) is 3. The summed E-state index contributed by atoms with van der Waals surface area (Å²) in [5.74, 6) is 2.00. The number of methoxy groups -OCH3 is 1. The van der Waals surface area contributed by atoms with E-state index in [-0.39, 0.29) is 5.91 Å². The quantitative estimate of drug-likeness (QED) is 0.666. The highest BCUT2D eigenvalue weighted by atomic mass is 16.5. The van der Waals surface area contributed by atoms with Crippen molar-refractivity contribution in [3.8, 4) is 16.9 Å². The van der Waals surface area contributed by atoms with Crippen LogP contribution in [0.3, 0.4) is 0 Å². The summed E-state index contributed by atoms with van der Waals surface area (Å²) in [4.78, 5) is 23.5. The molecule has 0 spiro atoms. The molecule has 6 heteroatoms. The molecule has 2 aromatic carbocycles. The number of rotatable bonds is 5. The maximum atomic E-state index is 12.7. The van der Waals surface area contributed by atoms with Crippen molar-refractivity contribution >= 4 is 17.5 Å². The molecule has 1 amide bonds. The molecule has 3 aromatic rings. The molecule has 154 valence electrons. The van der Waals surface area contributed by atoms with E-state index in [9.17, 15) is 4.79 Å². The lowest BCUT2D eigenvalue weighted by molar-refractivity contribution is 0.0683. The summed E-state index contributed by atoms with van der Waals surface area (Å²) in [6, 6.07) is 15.3. The number of aromatic nitrogens is 2. The first-order valence-corrected chi connectivity index (χ1v) is 10.3. The molecule has 1 atom stereocenters. The second kappa shape index (κ2) is 8.95. The van der Waals surface area contributed by atoms with Crippen molar-refractivity contribution < 1.29 is 9.53 Å². The Hall–Kier alpha value is -3.41. The number of amides is 1. The van der Waals surface area contributed by atoms with Gasteiger partial charge in [-0.2, -0.15) is 0 Å². The van der Waals surface area contributed by atoms with Gasteiger partial charge in [0.2, 0.25) is 5.95 Å². The van der Waals surface area contributed by atoms with E-state index in [1.165, 1.54) is 6.42 Å². The van der Waals surface area contributed by atoms with Crippen LogP contribution in [0.5, 0.6) is 5.75 Å². The summed E-state index contributed by atoms with van der Waals surface area (Å²) in [5, 5.41) is 3.19. The lowest BCUT2D eigenvalue weighted by Crippen LogP contribution is -2.39. The molecule has 6 nitrogen and oxygen atoms in total. The minimum Gasteiger partial charge on any atom is -0.497 e. The fourth-order valence-electron chi connectivity index (χ4n) is 3.71. The van der Waals surface area contributed by atoms with Gasteiger partial charge in [0.25, 0.3) is 5.91 Å². The average Bonchev–Trinajstić information content (AvgIpc) is 2.80. The minimum atomic E-state index is 0.105. The van der Waals surface area contributed by atoms with Gasteiger partial charge in [0, 0.05) is 42.3 Å². The van der Waals surface area contributed by atoms with Gasteiger partial charge < -0.3 is 15.0 Å². The molecule has 0 radical (unpaired) electrons. The van der Waals surface area contributed by atoms with E-state index in [0.29, 0.717) is 17.4 Å². The first kappa shape index (κ1) is 19.9. The van der Waals surface area contributed by atoms with Gasteiger partial charge in [-0.3, -0.25) is 4.79 Å². The zero-order valence-corrected chi connectivity index (χ0v) is 17.3. The number of hydrogen-bond acceptors (Lipinski definition) is 5. The van der Waals surface area contributed by atoms with Crippen LogP contribution in [-0.4, -0.2) is 41.0 Å². The number of benzene rings is 2. The van der Waals surface area contributed by atoms with Crippen molar-refractivity contribution in [2.75, 3.05) is 25.5 Å². The third-order valence-electron chi connectivity index (χ3n) is 5.41. The highest BCUT2D eigenvalue weighted by molar-refractivity contribution is 5.94. The molecule has 1 saturated heterocycles. The van der Waals surface area contributed by atoms with Crippen molar-refractivity contribution in [3.05, 3.63) is 66.5 Å². The summed E-state index contributed by atoms with van der Waals surface area (Å²) in [6.45, 7) is 3.89. The highest BCUT2D eigenvalue weighted by Crippen LogP contribution is 2.23. The van der Waals surface area contributed by atoms with Gasteiger partial charge in [0.15, 0.2) is 0 Å². The zero-order valence-electron chi connectivity index (χ0n) is 17.3. The molecular formula is C24H26N4O2. The average molecular weight is 402 g/mol. The Morgan fingerprint density at radius 1 is 1.03 bits per heavy atom. The van der Waals surface area contributed by atoms with Crippen LogP contribution in [0.15, 0.2) is 60.9 Å². The third kappa shape index (κ3) is 4.59. The van der Waals surface area contributed by atoms with E-state index < -0.39 is 0 Å². The molecule has 2 heterocycles. The second-order valence-corrected chi connectivity index (χ2v) is 7.72. The number of hydrogen-bond donors (Lipinski definition) is 1. The molecule has 30 heavy (non-hydrogen) atoms. The highest BCUT2D eigenvalue weighted by Gasteiger charge is 2.21. The largest absolute Gasteiger partial charge is 0.497 e. The van der Waals surface area contributed by atoms with Crippen molar-refractivity contribution in [1.29, 1.82) is 0 Å². The van der Waals surface area contributed by atoms with Gasteiger partial charge in [0.1, 0.15) is 5.75 Å². The second-order valence-electron chi connectivity index (χ2n) is 7.72. The van der Waals surface area contributed by atoms with Crippen molar-refractivity contribution in [2.24, 2.45) is 5.92 Å². The Kier molecular flexibility index (Phi) is 5.93. The van der Waals surface area contributed by atoms with Crippen LogP contribution in [0, 0.1) is 5.92 Å².